The predicted molar refractivity (Wildman–Crippen MR) is 97.0 cm³/mol. The second-order valence-corrected chi connectivity index (χ2v) is 5.76. The third kappa shape index (κ3) is 3.47. The third-order valence-electron chi connectivity index (χ3n) is 3.73. The first-order valence-corrected chi connectivity index (χ1v) is 7.87. The smallest absolute Gasteiger partial charge is 0.267 e. The van der Waals surface area contributed by atoms with Crippen molar-refractivity contribution in [3.8, 4) is 0 Å². The van der Waals surface area contributed by atoms with Crippen LogP contribution in [-0.4, -0.2) is 16.7 Å². The molecule has 3 aromatic rings. The monoisotopic (exact) mass is 369 g/mol. The van der Waals surface area contributed by atoms with Gasteiger partial charge in [0.25, 0.3) is 17.5 Å². The highest BCUT2D eigenvalue weighted by atomic mass is 35.5. The van der Waals surface area contributed by atoms with E-state index in [1.165, 1.54) is 12.1 Å². The summed E-state index contributed by atoms with van der Waals surface area (Å²) in [4.78, 5) is 34.8. The summed E-state index contributed by atoms with van der Waals surface area (Å²) in [5.74, 6) is -1.27. The van der Waals surface area contributed by atoms with E-state index < -0.39 is 16.7 Å². The van der Waals surface area contributed by atoms with E-state index in [0.717, 1.165) is 16.8 Å². The van der Waals surface area contributed by atoms with Crippen molar-refractivity contribution in [1.29, 1.82) is 0 Å². The first-order chi connectivity index (χ1) is 12.5. The van der Waals surface area contributed by atoms with E-state index in [4.69, 9.17) is 11.6 Å². The summed E-state index contributed by atoms with van der Waals surface area (Å²) in [5.41, 5.74) is 4.51. The maximum Gasteiger partial charge on any atom is 0.271 e. The summed E-state index contributed by atoms with van der Waals surface area (Å²) >= 11 is 5.91. The van der Waals surface area contributed by atoms with Crippen molar-refractivity contribution in [3.63, 3.8) is 0 Å². The minimum absolute atomic E-state index is 0.0347. The Morgan fingerprint density at radius 2 is 1.54 bits per heavy atom. The Bertz CT molecular complexity index is 1030. The van der Waals surface area contributed by atoms with E-state index >= 15 is 0 Å². The quantitative estimate of drug-likeness (QED) is 0.545. The number of carbonyl (C=O) groups excluding carboxylic acids is 2. The Morgan fingerprint density at radius 1 is 0.885 bits per heavy atom. The van der Waals surface area contributed by atoms with Crippen molar-refractivity contribution in [1.82, 2.24) is 10.9 Å². The van der Waals surface area contributed by atoms with Crippen LogP contribution in [0.3, 0.4) is 0 Å². The van der Waals surface area contributed by atoms with Gasteiger partial charge in [-0.15, -0.1) is 0 Å². The Morgan fingerprint density at radius 3 is 2.27 bits per heavy atom. The number of carbonyl (C=O) groups is 2. The number of non-ortho nitro benzene ring substituents is 1. The molecular formula is C18H12ClN3O4. The number of hydrazine groups is 1. The molecule has 0 aliphatic carbocycles. The zero-order valence-corrected chi connectivity index (χ0v) is 14.0. The lowest BCUT2D eigenvalue weighted by Crippen LogP contribution is -2.41. The van der Waals surface area contributed by atoms with E-state index in [1.807, 2.05) is 18.2 Å². The predicted octanol–water partition coefficient (Wildman–Crippen LogP) is 3.48. The Balaban J connectivity index is 1.78. The van der Waals surface area contributed by atoms with Crippen LogP contribution in [0.1, 0.15) is 20.7 Å². The molecule has 0 fully saturated rings. The van der Waals surface area contributed by atoms with Gasteiger partial charge in [0.15, 0.2) is 0 Å². The fourth-order valence-electron chi connectivity index (χ4n) is 2.47. The number of amides is 2. The number of rotatable bonds is 3. The van der Waals surface area contributed by atoms with E-state index in [-0.39, 0.29) is 16.3 Å². The largest absolute Gasteiger partial charge is 0.271 e. The number of nitro benzene ring substituents is 1. The van der Waals surface area contributed by atoms with Crippen LogP contribution < -0.4 is 10.9 Å². The second kappa shape index (κ2) is 7.20. The molecule has 0 spiro atoms. The number of nitro groups is 1. The number of hydrogen-bond acceptors (Lipinski definition) is 4. The molecule has 0 radical (unpaired) electrons. The van der Waals surface area contributed by atoms with Crippen LogP contribution in [0.2, 0.25) is 5.02 Å². The van der Waals surface area contributed by atoms with Crippen LogP contribution in [0.4, 0.5) is 5.69 Å². The normalized spacial score (nSPS) is 10.3. The first kappa shape index (κ1) is 17.4. The van der Waals surface area contributed by atoms with Gasteiger partial charge in [-0.25, -0.2) is 0 Å². The van der Waals surface area contributed by atoms with Crippen LogP contribution in [0.5, 0.6) is 0 Å². The van der Waals surface area contributed by atoms with Crippen molar-refractivity contribution < 1.29 is 14.5 Å². The molecule has 0 atom stereocenters. The maximum absolute atomic E-state index is 12.4. The van der Waals surface area contributed by atoms with Gasteiger partial charge in [0.05, 0.1) is 15.5 Å². The summed E-state index contributed by atoms with van der Waals surface area (Å²) in [6.45, 7) is 0. The molecule has 0 aliphatic heterocycles. The van der Waals surface area contributed by atoms with Crippen LogP contribution in [0.15, 0.2) is 60.7 Å². The highest BCUT2D eigenvalue weighted by Gasteiger charge is 2.17. The van der Waals surface area contributed by atoms with E-state index in [1.54, 1.807) is 24.3 Å². The van der Waals surface area contributed by atoms with Gasteiger partial charge in [0.1, 0.15) is 0 Å². The lowest BCUT2D eigenvalue weighted by molar-refractivity contribution is -0.384. The summed E-state index contributed by atoms with van der Waals surface area (Å²) in [6, 6.07) is 16.0. The number of fused-ring (bicyclic) bond motifs is 1. The van der Waals surface area contributed by atoms with Crippen molar-refractivity contribution in [2.24, 2.45) is 0 Å². The summed E-state index contributed by atoms with van der Waals surface area (Å²) in [5, 5.41) is 12.5. The molecule has 26 heavy (non-hydrogen) atoms. The maximum atomic E-state index is 12.4. The van der Waals surface area contributed by atoms with Crippen molar-refractivity contribution >= 4 is 39.9 Å². The molecule has 0 unspecified atom stereocenters. The van der Waals surface area contributed by atoms with Gasteiger partial charge in [-0.3, -0.25) is 30.6 Å². The SMILES string of the molecule is O=C(NNC(=O)c1cccc2ccccc12)c1cc([N+](=O)[O-])ccc1Cl. The minimum atomic E-state index is -0.757. The van der Waals surface area contributed by atoms with Gasteiger partial charge in [-0.2, -0.15) is 0 Å². The van der Waals surface area contributed by atoms with Crippen LogP contribution in [-0.2, 0) is 0 Å². The fraction of sp³-hybridized carbons (Fsp3) is 0. The average molecular weight is 370 g/mol. The molecule has 2 N–H and O–H groups in total. The van der Waals surface area contributed by atoms with Gasteiger partial charge in [0.2, 0.25) is 0 Å². The Kier molecular flexibility index (Phi) is 4.81. The van der Waals surface area contributed by atoms with Crippen LogP contribution >= 0.6 is 11.6 Å². The fourth-order valence-corrected chi connectivity index (χ4v) is 2.68. The number of nitrogens with zero attached hydrogens (tertiary/aromatic N) is 1. The Hall–Kier alpha value is -3.45. The number of halogens is 1. The molecule has 8 heteroatoms. The molecule has 0 bridgehead atoms. The lowest BCUT2D eigenvalue weighted by Gasteiger charge is -2.10. The molecule has 3 aromatic carbocycles. The van der Waals surface area contributed by atoms with Crippen LogP contribution in [0, 0.1) is 10.1 Å². The zero-order chi connectivity index (χ0) is 18.7. The number of nitrogens with one attached hydrogen (secondary N) is 2. The van der Waals surface area contributed by atoms with E-state index in [9.17, 15) is 19.7 Å². The molecule has 3 rings (SSSR count). The van der Waals surface area contributed by atoms with Gasteiger partial charge >= 0.3 is 0 Å². The summed E-state index contributed by atoms with van der Waals surface area (Å²) in [7, 11) is 0. The van der Waals surface area contributed by atoms with Gasteiger partial charge in [-0.05, 0) is 22.9 Å². The van der Waals surface area contributed by atoms with Crippen molar-refractivity contribution in [2.45, 2.75) is 0 Å². The van der Waals surface area contributed by atoms with Crippen LogP contribution in [0.25, 0.3) is 10.8 Å². The second-order valence-electron chi connectivity index (χ2n) is 5.36. The highest BCUT2D eigenvalue weighted by Crippen LogP contribution is 2.22. The molecular weight excluding hydrogens is 358 g/mol. The molecule has 0 saturated heterocycles. The summed E-state index contributed by atoms with van der Waals surface area (Å²) < 4.78 is 0. The number of hydrogen-bond donors (Lipinski definition) is 2. The van der Waals surface area contributed by atoms with Gasteiger partial charge < -0.3 is 0 Å². The average Bonchev–Trinajstić information content (AvgIpc) is 2.65. The molecule has 0 aromatic heterocycles. The van der Waals surface area contributed by atoms with Crippen molar-refractivity contribution in [2.75, 3.05) is 0 Å². The molecule has 0 aliphatic rings. The number of benzene rings is 3. The highest BCUT2D eigenvalue weighted by molar-refractivity contribution is 6.34. The zero-order valence-electron chi connectivity index (χ0n) is 13.2. The standard InChI is InChI=1S/C18H12ClN3O4/c19-16-9-8-12(22(25)26)10-15(16)18(24)21-20-17(23)14-7-3-5-11-4-1-2-6-13(11)14/h1-10H,(H,20,23)(H,21,24). The van der Waals surface area contributed by atoms with Gasteiger partial charge in [-0.1, -0.05) is 48.0 Å². The molecule has 130 valence electrons. The Labute approximate surface area is 152 Å². The van der Waals surface area contributed by atoms with E-state index in [0.29, 0.717) is 5.56 Å². The lowest BCUT2D eigenvalue weighted by atomic mass is 10.0. The minimum Gasteiger partial charge on any atom is -0.267 e. The molecule has 0 heterocycles. The molecule has 2 amide bonds. The van der Waals surface area contributed by atoms with Crippen molar-refractivity contribution in [3.05, 3.63) is 86.9 Å². The topological polar surface area (TPSA) is 101 Å². The third-order valence-corrected chi connectivity index (χ3v) is 4.06. The molecule has 0 saturated carbocycles. The molecule has 7 nitrogen and oxygen atoms in total. The van der Waals surface area contributed by atoms with Gasteiger partial charge in [0, 0.05) is 17.7 Å². The first-order valence-electron chi connectivity index (χ1n) is 7.50. The summed E-state index contributed by atoms with van der Waals surface area (Å²) in [6.07, 6.45) is 0. The van der Waals surface area contributed by atoms with E-state index in [2.05, 4.69) is 10.9 Å².